The van der Waals surface area contributed by atoms with Gasteiger partial charge in [-0.1, -0.05) is 12.1 Å². The summed E-state index contributed by atoms with van der Waals surface area (Å²) in [5.41, 5.74) is 2.84. The van der Waals surface area contributed by atoms with Crippen LogP contribution >= 0.6 is 0 Å². The summed E-state index contributed by atoms with van der Waals surface area (Å²) >= 11 is 0. The maximum atomic E-state index is 13.4. The van der Waals surface area contributed by atoms with Crippen LogP contribution in [0.5, 0.6) is 5.75 Å². The molecule has 9 heteroatoms. The molecule has 1 saturated heterocycles. The van der Waals surface area contributed by atoms with E-state index < -0.39 is 10.0 Å². The summed E-state index contributed by atoms with van der Waals surface area (Å²) < 4.78 is 35.1. The second kappa shape index (κ2) is 8.98. The molecule has 3 heterocycles. The number of hydrogen-bond acceptors (Lipinski definition) is 5. The summed E-state index contributed by atoms with van der Waals surface area (Å²) in [6.07, 6.45) is 0.860. The molecule has 2 aliphatic rings. The van der Waals surface area contributed by atoms with E-state index >= 15 is 0 Å². The lowest BCUT2D eigenvalue weighted by Gasteiger charge is -2.42. The number of nitrogens with one attached hydrogen (secondary N) is 1. The van der Waals surface area contributed by atoms with Crippen molar-refractivity contribution in [3.63, 3.8) is 0 Å². The fourth-order valence-corrected chi connectivity index (χ4v) is 6.71. The Morgan fingerprint density at radius 3 is 2.34 bits per heavy atom. The van der Waals surface area contributed by atoms with E-state index in [1.165, 1.54) is 6.92 Å². The van der Waals surface area contributed by atoms with E-state index in [2.05, 4.69) is 5.32 Å². The summed E-state index contributed by atoms with van der Waals surface area (Å²) in [5.74, 6) is 0.471. The molecule has 1 amide bonds. The zero-order valence-corrected chi connectivity index (χ0v) is 20.4. The molecule has 5 rings (SSSR count). The van der Waals surface area contributed by atoms with Gasteiger partial charge in [0.05, 0.1) is 12.0 Å². The molecule has 8 nitrogen and oxygen atoms in total. The molecule has 2 aromatic carbocycles. The molecule has 0 aliphatic carbocycles. The van der Waals surface area contributed by atoms with Crippen molar-refractivity contribution < 1.29 is 17.9 Å². The molecule has 2 bridgehead atoms. The van der Waals surface area contributed by atoms with Gasteiger partial charge in [-0.2, -0.15) is 4.31 Å². The number of nitrogens with zero attached hydrogens (tertiary/aromatic N) is 2. The first-order chi connectivity index (χ1) is 16.8. The average molecular weight is 494 g/mol. The Hall–Kier alpha value is -3.43. The summed E-state index contributed by atoms with van der Waals surface area (Å²) in [4.78, 5) is 24.9. The second-order valence-electron chi connectivity index (χ2n) is 9.14. The topological polar surface area (TPSA) is 97.7 Å². The van der Waals surface area contributed by atoms with Crippen LogP contribution in [0.4, 0.5) is 5.69 Å². The number of sulfonamides is 1. The van der Waals surface area contributed by atoms with Crippen LogP contribution in [0.2, 0.25) is 0 Å². The summed E-state index contributed by atoms with van der Waals surface area (Å²) in [6.45, 7) is 2.66. The van der Waals surface area contributed by atoms with Gasteiger partial charge in [0.1, 0.15) is 5.75 Å². The molecule has 0 spiro atoms. The Morgan fingerprint density at radius 1 is 0.971 bits per heavy atom. The van der Waals surface area contributed by atoms with Gasteiger partial charge in [-0.15, -0.1) is 0 Å². The molecule has 1 N–H and O–H groups in total. The molecule has 0 unspecified atom stereocenters. The quantitative estimate of drug-likeness (QED) is 0.588. The Labute approximate surface area is 204 Å². The van der Waals surface area contributed by atoms with E-state index in [-0.39, 0.29) is 28.2 Å². The number of carbonyl (C=O) groups is 1. The fourth-order valence-electron chi connectivity index (χ4n) is 5.15. The Balaban J connectivity index is 1.42. The van der Waals surface area contributed by atoms with Gasteiger partial charge in [-0.3, -0.25) is 9.59 Å². The number of methoxy groups -OCH3 is 1. The molecule has 0 saturated carbocycles. The first-order valence-electron chi connectivity index (χ1n) is 11.5. The fraction of sp³-hybridized carbons (Fsp3) is 0.308. The summed E-state index contributed by atoms with van der Waals surface area (Å²) in [5, 5.41) is 2.73. The number of amides is 1. The van der Waals surface area contributed by atoms with Crippen molar-refractivity contribution in [1.29, 1.82) is 0 Å². The third-order valence-corrected chi connectivity index (χ3v) is 8.63. The van der Waals surface area contributed by atoms with Crippen molar-refractivity contribution in [2.75, 3.05) is 25.5 Å². The molecule has 1 aromatic heterocycles. The monoisotopic (exact) mass is 493 g/mol. The number of piperidine rings is 1. The molecule has 0 radical (unpaired) electrons. The maximum Gasteiger partial charge on any atom is 0.258 e. The van der Waals surface area contributed by atoms with E-state index in [1.54, 1.807) is 47.8 Å². The van der Waals surface area contributed by atoms with Crippen molar-refractivity contribution in [3.05, 3.63) is 76.7 Å². The Kier molecular flexibility index (Phi) is 5.98. The largest absolute Gasteiger partial charge is 0.497 e. The third-order valence-electron chi connectivity index (χ3n) is 6.78. The van der Waals surface area contributed by atoms with Crippen molar-refractivity contribution in [2.45, 2.75) is 30.7 Å². The van der Waals surface area contributed by atoms with Crippen LogP contribution in [0.1, 0.15) is 25.0 Å². The van der Waals surface area contributed by atoms with Crippen molar-refractivity contribution in [1.82, 2.24) is 8.87 Å². The molecular weight excluding hydrogens is 466 g/mol. The van der Waals surface area contributed by atoms with Crippen LogP contribution in [-0.2, 0) is 21.4 Å². The van der Waals surface area contributed by atoms with E-state index in [4.69, 9.17) is 4.74 Å². The van der Waals surface area contributed by atoms with Gasteiger partial charge in [0.2, 0.25) is 15.9 Å². The third kappa shape index (κ3) is 4.37. The van der Waals surface area contributed by atoms with E-state index in [1.807, 2.05) is 28.8 Å². The molecule has 182 valence electrons. The lowest BCUT2D eigenvalue weighted by atomic mass is 9.84. The molecule has 2 atom stereocenters. The molecule has 35 heavy (non-hydrogen) atoms. The van der Waals surface area contributed by atoms with E-state index in [9.17, 15) is 18.0 Å². The first-order valence-corrected chi connectivity index (χ1v) is 13.0. The number of benzene rings is 2. The zero-order chi connectivity index (χ0) is 24.7. The highest BCUT2D eigenvalue weighted by atomic mass is 32.2. The number of fused-ring (bicyclic) bond motifs is 4. The average Bonchev–Trinajstić information content (AvgIpc) is 2.85. The molecule has 2 aliphatic heterocycles. The van der Waals surface area contributed by atoms with Crippen LogP contribution in [0.25, 0.3) is 11.1 Å². The summed E-state index contributed by atoms with van der Waals surface area (Å²) in [6, 6.07) is 17.4. The minimum atomic E-state index is -3.65. The highest BCUT2D eigenvalue weighted by molar-refractivity contribution is 7.89. The van der Waals surface area contributed by atoms with Gasteiger partial charge in [-0.05, 0) is 66.4 Å². The van der Waals surface area contributed by atoms with Gasteiger partial charge in [0, 0.05) is 49.4 Å². The molecule has 1 fully saturated rings. The number of pyridine rings is 1. The van der Waals surface area contributed by atoms with Crippen LogP contribution in [0.15, 0.2) is 70.4 Å². The van der Waals surface area contributed by atoms with Crippen molar-refractivity contribution in [3.8, 4) is 16.9 Å². The van der Waals surface area contributed by atoms with Crippen LogP contribution < -0.4 is 15.6 Å². The zero-order valence-electron chi connectivity index (χ0n) is 19.6. The van der Waals surface area contributed by atoms with Gasteiger partial charge < -0.3 is 14.6 Å². The maximum absolute atomic E-state index is 13.4. The Morgan fingerprint density at radius 2 is 1.69 bits per heavy atom. The normalized spacial score (nSPS) is 19.6. The first kappa shape index (κ1) is 23.3. The number of rotatable bonds is 5. The van der Waals surface area contributed by atoms with Gasteiger partial charge in [-0.25, -0.2) is 8.42 Å². The minimum Gasteiger partial charge on any atom is -0.497 e. The van der Waals surface area contributed by atoms with Gasteiger partial charge in [0.15, 0.2) is 0 Å². The standard InChI is InChI=1S/C26H27N3O5S/c1-17(30)27-21-5-3-19(4-6-21)24-11-12-25-20-13-18(15-29(25)26(24)31)14-28(16-20)35(32,33)23-9-7-22(34-2)8-10-23/h3-12,18,20H,13-16H2,1-2H3,(H,27,30)/t18-,20-/m1/s1. The highest BCUT2D eigenvalue weighted by Gasteiger charge is 2.39. The van der Waals surface area contributed by atoms with Gasteiger partial charge in [0.25, 0.3) is 5.56 Å². The predicted molar refractivity (Wildman–Crippen MR) is 133 cm³/mol. The second-order valence-corrected chi connectivity index (χ2v) is 11.1. The number of aromatic nitrogens is 1. The van der Waals surface area contributed by atoms with E-state index in [0.29, 0.717) is 36.6 Å². The molecular formula is C26H27N3O5S. The van der Waals surface area contributed by atoms with Crippen molar-refractivity contribution in [2.24, 2.45) is 5.92 Å². The SMILES string of the molecule is COc1ccc(S(=O)(=O)N2C[C@H]3C[C@H](C2)c2ccc(-c4ccc(NC(C)=O)cc4)c(=O)n2C3)cc1. The number of hydrogen-bond donors (Lipinski definition) is 1. The highest BCUT2D eigenvalue weighted by Crippen LogP contribution is 2.38. The van der Waals surface area contributed by atoms with Crippen LogP contribution in [-0.4, -0.2) is 43.4 Å². The Bertz CT molecular complexity index is 1430. The predicted octanol–water partition coefficient (Wildman–Crippen LogP) is 3.29. The minimum absolute atomic E-state index is 0.0422. The lowest BCUT2D eigenvalue weighted by molar-refractivity contribution is -0.114. The summed E-state index contributed by atoms with van der Waals surface area (Å²) in [7, 11) is -2.10. The van der Waals surface area contributed by atoms with E-state index in [0.717, 1.165) is 17.7 Å². The number of carbonyl (C=O) groups excluding carboxylic acids is 1. The van der Waals surface area contributed by atoms with Crippen LogP contribution in [0.3, 0.4) is 0 Å². The number of anilines is 1. The van der Waals surface area contributed by atoms with Gasteiger partial charge >= 0.3 is 0 Å². The van der Waals surface area contributed by atoms with Crippen LogP contribution in [0, 0.1) is 5.92 Å². The number of ether oxygens (including phenoxy) is 1. The molecule has 3 aromatic rings. The smallest absolute Gasteiger partial charge is 0.258 e. The lowest BCUT2D eigenvalue weighted by Crippen LogP contribution is -2.49. The van der Waals surface area contributed by atoms with Crippen molar-refractivity contribution >= 4 is 21.6 Å².